The molecule has 8 heteroatoms. The lowest BCUT2D eigenvalue weighted by Crippen LogP contribution is -2.55. The highest BCUT2D eigenvalue weighted by Gasteiger charge is 2.37. The first-order valence-electron chi connectivity index (χ1n) is 8.86. The SMILES string of the molecule is CCn1nnc2c(N3CC(C(=O)N4CCCCCC4)C3)ncnc21. The Labute approximate surface area is 140 Å². The third kappa shape index (κ3) is 2.59. The second kappa shape index (κ2) is 6.33. The van der Waals surface area contributed by atoms with Gasteiger partial charge in [0.05, 0.1) is 5.92 Å². The highest BCUT2D eigenvalue weighted by Crippen LogP contribution is 2.29. The van der Waals surface area contributed by atoms with E-state index in [0.717, 1.165) is 49.5 Å². The maximum absolute atomic E-state index is 12.7. The van der Waals surface area contributed by atoms with Gasteiger partial charge in [-0.15, -0.1) is 5.10 Å². The number of aromatic nitrogens is 5. The Hall–Kier alpha value is -2.25. The summed E-state index contributed by atoms with van der Waals surface area (Å²) >= 11 is 0. The van der Waals surface area contributed by atoms with Crippen LogP contribution >= 0.6 is 0 Å². The molecule has 128 valence electrons. The Morgan fingerprint density at radius 2 is 1.92 bits per heavy atom. The molecule has 0 aliphatic carbocycles. The molecular weight excluding hydrogens is 306 g/mol. The molecule has 1 amide bonds. The standard InChI is InChI=1S/C16H23N7O/c1-2-23-15-13(19-20-23)14(17-11-18-15)22-9-12(10-22)16(24)21-7-5-3-4-6-8-21/h11-12H,2-10H2,1H3. The van der Waals surface area contributed by atoms with Gasteiger partial charge >= 0.3 is 0 Å². The van der Waals surface area contributed by atoms with Gasteiger partial charge in [-0.1, -0.05) is 18.1 Å². The zero-order valence-corrected chi connectivity index (χ0v) is 14.1. The minimum atomic E-state index is 0.0781. The summed E-state index contributed by atoms with van der Waals surface area (Å²) in [6, 6.07) is 0. The molecule has 0 aromatic carbocycles. The Morgan fingerprint density at radius 1 is 1.17 bits per heavy atom. The van der Waals surface area contributed by atoms with E-state index in [1.165, 1.54) is 12.8 Å². The Morgan fingerprint density at radius 3 is 2.62 bits per heavy atom. The van der Waals surface area contributed by atoms with Gasteiger partial charge in [-0.25, -0.2) is 14.6 Å². The molecule has 0 atom stereocenters. The van der Waals surface area contributed by atoms with Gasteiger partial charge in [0.1, 0.15) is 6.33 Å². The van der Waals surface area contributed by atoms with Crippen molar-refractivity contribution in [3.05, 3.63) is 6.33 Å². The molecule has 2 aromatic heterocycles. The van der Waals surface area contributed by atoms with E-state index in [1.54, 1.807) is 11.0 Å². The van der Waals surface area contributed by atoms with Crippen LogP contribution in [-0.4, -0.2) is 61.9 Å². The molecule has 4 rings (SSSR count). The topological polar surface area (TPSA) is 80.0 Å². The largest absolute Gasteiger partial charge is 0.353 e. The minimum Gasteiger partial charge on any atom is -0.353 e. The van der Waals surface area contributed by atoms with Crippen LogP contribution in [0.25, 0.3) is 11.2 Å². The molecule has 2 aliphatic heterocycles. The summed E-state index contributed by atoms with van der Waals surface area (Å²) in [5.74, 6) is 1.17. The number of carbonyl (C=O) groups is 1. The van der Waals surface area contributed by atoms with Crippen LogP contribution in [0.15, 0.2) is 6.33 Å². The Kier molecular flexibility index (Phi) is 4.03. The van der Waals surface area contributed by atoms with Crippen LogP contribution < -0.4 is 4.90 Å². The highest BCUT2D eigenvalue weighted by atomic mass is 16.2. The van der Waals surface area contributed by atoms with Crippen molar-refractivity contribution < 1.29 is 4.79 Å². The van der Waals surface area contributed by atoms with Crippen LogP contribution in [0.1, 0.15) is 32.6 Å². The summed E-state index contributed by atoms with van der Waals surface area (Å²) in [4.78, 5) is 25.5. The van der Waals surface area contributed by atoms with E-state index in [4.69, 9.17) is 0 Å². The average molecular weight is 329 g/mol. The van der Waals surface area contributed by atoms with Crippen molar-refractivity contribution in [2.75, 3.05) is 31.1 Å². The van der Waals surface area contributed by atoms with E-state index < -0.39 is 0 Å². The fourth-order valence-corrected chi connectivity index (χ4v) is 3.58. The molecule has 24 heavy (non-hydrogen) atoms. The summed E-state index contributed by atoms with van der Waals surface area (Å²) in [5, 5.41) is 8.33. The first-order chi connectivity index (χ1) is 11.8. The van der Waals surface area contributed by atoms with Crippen LogP contribution in [0, 0.1) is 5.92 Å². The zero-order chi connectivity index (χ0) is 16.5. The molecule has 8 nitrogen and oxygen atoms in total. The quantitative estimate of drug-likeness (QED) is 0.838. The van der Waals surface area contributed by atoms with Gasteiger partial charge in [-0.3, -0.25) is 4.79 Å². The van der Waals surface area contributed by atoms with E-state index in [9.17, 15) is 4.79 Å². The fourth-order valence-electron chi connectivity index (χ4n) is 3.58. The Bertz CT molecular complexity index is 729. The van der Waals surface area contributed by atoms with E-state index >= 15 is 0 Å². The predicted molar refractivity (Wildman–Crippen MR) is 89.5 cm³/mol. The van der Waals surface area contributed by atoms with Crippen LogP contribution in [0.3, 0.4) is 0 Å². The summed E-state index contributed by atoms with van der Waals surface area (Å²) in [7, 11) is 0. The molecular formula is C16H23N7O. The van der Waals surface area contributed by atoms with E-state index in [1.807, 2.05) is 6.92 Å². The lowest BCUT2D eigenvalue weighted by atomic mass is 9.98. The van der Waals surface area contributed by atoms with Crippen LogP contribution in [0.5, 0.6) is 0 Å². The summed E-state index contributed by atoms with van der Waals surface area (Å²) in [6.45, 7) is 5.98. The third-order valence-electron chi connectivity index (χ3n) is 5.03. The van der Waals surface area contributed by atoms with E-state index in [0.29, 0.717) is 19.0 Å². The van der Waals surface area contributed by atoms with Crippen molar-refractivity contribution in [2.24, 2.45) is 5.92 Å². The number of likely N-dealkylation sites (tertiary alicyclic amines) is 1. The van der Waals surface area contributed by atoms with Crippen LogP contribution in [0.4, 0.5) is 5.82 Å². The van der Waals surface area contributed by atoms with Crippen molar-refractivity contribution in [2.45, 2.75) is 39.2 Å². The second-order valence-electron chi connectivity index (χ2n) is 6.62. The summed E-state index contributed by atoms with van der Waals surface area (Å²) in [6.07, 6.45) is 6.31. The van der Waals surface area contributed by atoms with Crippen molar-refractivity contribution >= 4 is 22.9 Å². The van der Waals surface area contributed by atoms with Gasteiger partial charge in [0, 0.05) is 32.7 Å². The molecule has 0 spiro atoms. The molecule has 4 heterocycles. The normalized spacial score (nSPS) is 19.4. The number of aryl methyl sites for hydroxylation is 1. The molecule has 2 aliphatic rings. The number of hydrogen-bond acceptors (Lipinski definition) is 6. The molecule has 2 fully saturated rings. The fraction of sp³-hybridized carbons (Fsp3) is 0.688. The lowest BCUT2D eigenvalue weighted by molar-refractivity contribution is -0.136. The molecule has 2 saturated heterocycles. The van der Waals surface area contributed by atoms with Crippen LogP contribution in [0.2, 0.25) is 0 Å². The zero-order valence-electron chi connectivity index (χ0n) is 14.1. The summed E-state index contributed by atoms with van der Waals surface area (Å²) in [5.41, 5.74) is 1.48. The number of fused-ring (bicyclic) bond motifs is 1. The van der Waals surface area contributed by atoms with Crippen molar-refractivity contribution in [3.8, 4) is 0 Å². The molecule has 0 bridgehead atoms. The third-order valence-corrected chi connectivity index (χ3v) is 5.03. The van der Waals surface area contributed by atoms with Gasteiger partial charge in [0.15, 0.2) is 17.0 Å². The molecule has 0 N–H and O–H groups in total. The minimum absolute atomic E-state index is 0.0781. The Balaban J connectivity index is 1.45. The molecule has 0 saturated carbocycles. The summed E-state index contributed by atoms with van der Waals surface area (Å²) < 4.78 is 1.76. The van der Waals surface area contributed by atoms with E-state index in [2.05, 4.69) is 30.1 Å². The van der Waals surface area contributed by atoms with Gasteiger partial charge in [-0.05, 0) is 19.8 Å². The monoisotopic (exact) mass is 329 g/mol. The van der Waals surface area contributed by atoms with Gasteiger partial charge in [-0.2, -0.15) is 0 Å². The number of carbonyl (C=O) groups excluding carboxylic acids is 1. The number of hydrogen-bond donors (Lipinski definition) is 0. The second-order valence-corrected chi connectivity index (χ2v) is 6.62. The van der Waals surface area contributed by atoms with Crippen molar-refractivity contribution in [3.63, 3.8) is 0 Å². The number of anilines is 1. The molecule has 0 radical (unpaired) electrons. The average Bonchev–Trinajstić information content (AvgIpc) is 2.79. The number of amides is 1. The maximum atomic E-state index is 12.7. The highest BCUT2D eigenvalue weighted by molar-refractivity contribution is 5.86. The molecule has 0 unspecified atom stereocenters. The van der Waals surface area contributed by atoms with Gasteiger partial charge in [0.2, 0.25) is 5.91 Å². The van der Waals surface area contributed by atoms with Gasteiger partial charge in [0.25, 0.3) is 0 Å². The van der Waals surface area contributed by atoms with Crippen molar-refractivity contribution in [1.29, 1.82) is 0 Å². The first kappa shape index (κ1) is 15.3. The predicted octanol–water partition coefficient (Wildman–Crippen LogP) is 1.08. The number of nitrogens with zero attached hydrogens (tertiary/aromatic N) is 7. The first-order valence-corrected chi connectivity index (χ1v) is 8.86. The van der Waals surface area contributed by atoms with Crippen molar-refractivity contribution in [1.82, 2.24) is 29.9 Å². The lowest BCUT2D eigenvalue weighted by Gasteiger charge is -2.41. The van der Waals surface area contributed by atoms with E-state index in [-0.39, 0.29) is 5.92 Å². The smallest absolute Gasteiger partial charge is 0.229 e. The van der Waals surface area contributed by atoms with Crippen LogP contribution in [-0.2, 0) is 11.3 Å². The maximum Gasteiger partial charge on any atom is 0.229 e. The van der Waals surface area contributed by atoms with Gasteiger partial charge < -0.3 is 9.80 Å². The number of rotatable bonds is 3. The molecule has 2 aromatic rings.